The van der Waals surface area contributed by atoms with Crippen LogP contribution in [0.4, 0.5) is 5.82 Å². The van der Waals surface area contributed by atoms with Crippen molar-refractivity contribution < 1.29 is 23.6 Å². The Morgan fingerprint density at radius 1 is 1.39 bits per heavy atom. The fourth-order valence-electron chi connectivity index (χ4n) is 2.27. The Kier molecular flexibility index (Phi) is 4.01. The number of aryl methyl sites for hydroxylation is 1. The largest absolute Gasteiger partial charge is 0.478 e. The number of nitrogens with zero attached hydrogens (tertiary/aromatic N) is 1. The summed E-state index contributed by atoms with van der Waals surface area (Å²) in [5.74, 6) is 0.467. The molecular weight excluding hydrogens is 300 g/mol. The van der Waals surface area contributed by atoms with Gasteiger partial charge in [0.05, 0.1) is 0 Å². The van der Waals surface area contributed by atoms with Crippen molar-refractivity contribution in [2.24, 2.45) is 0 Å². The van der Waals surface area contributed by atoms with E-state index in [-0.39, 0.29) is 5.82 Å². The zero-order valence-corrected chi connectivity index (χ0v) is 12.7. The summed E-state index contributed by atoms with van der Waals surface area (Å²) in [5, 5.41) is 6.16. The third-order valence-corrected chi connectivity index (χ3v) is 3.45. The highest BCUT2D eigenvalue weighted by Crippen LogP contribution is 2.28. The molecule has 2 heterocycles. The minimum absolute atomic E-state index is 0.278. The molecule has 0 spiro atoms. The number of hydrogen-bond acceptors (Lipinski definition) is 6. The molecule has 0 saturated heterocycles. The van der Waals surface area contributed by atoms with Gasteiger partial charge in [0.2, 0.25) is 0 Å². The van der Waals surface area contributed by atoms with E-state index in [9.17, 15) is 9.59 Å². The number of carbonyl (C=O) groups is 2. The number of nitrogens with one attached hydrogen (secondary N) is 1. The van der Waals surface area contributed by atoms with Crippen LogP contribution in [0.25, 0.3) is 0 Å². The van der Waals surface area contributed by atoms with Crippen molar-refractivity contribution in [3.8, 4) is 5.75 Å². The van der Waals surface area contributed by atoms with Crippen molar-refractivity contribution in [3.63, 3.8) is 0 Å². The number of amides is 1. The molecule has 0 aliphatic carbocycles. The van der Waals surface area contributed by atoms with Gasteiger partial charge in [-0.3, -0.25) is 4.79 Å². The molecular formula is C16H16N2O5. The molecule has 1 aliphatic heterocycles. The van der Waals surface area contributed by atoms with Crippen LogP contribution >= 0.6 is 0 Å². The Balaban J connectivity index is 1.55. The van der Waals surface area contributed by atoms with Gasteiger partial charge in [-0.15, -0.1) is 0 Å². The standard InChI is InChI=1S/C16H16N2O5/c1-9-7-14(18-23-9)17-15(19)10(2)21-16(20)13-8-11-5-3-4-6-12(11)22-13/h3-7,10,13H,8H2,1-2H3,(H,17,18,19)/t10-,13-/m0/s1. The van der Waals surface area contributed by atoms with Crippen molar-refractivity contribution in [2.45, 2.75) is 32.5 Å². The van der Waals surface area contributed by atoms with Crippen LogP contribution in [0.2, 0.25) is 0 Å². The van der Waals surface area contributed by atoms with Gasteiger partial charge in [0.1, 0.15) is 11.5 Å². The highest BCUT2D eigenvalue weighted by molar-refractivity contribution is 5.94. The lowest BCUT2D eigenvalue weighted by Crippen LogP contribution is -2.36. The van der Waals surface area contributed by atoms with Gasteiger partial charge in [-0.1, -0.05) is 23.4 Å². The van der Waals surface area contributed by atoms with E-state index < -0.39 is 24.1 Å². The quantitative estimate of drug-likeness (QED) is 0.866. The Bertz CT molecular complexity index is 715. The number of ether oxygens (including phenoxy) is 2. The first-order valence-electron chi connectivity index (χ1n) is 7.22. The monoisotopic (exact) mass is 316 g/mol. The Hall–Kier alpha value is -2.83. The van der Waals surface area contributed by atoms with E-state index in [2.05, 4.69) is 10.5 Å². The minimum atomic E-state index is -0.966. The number of anilines is 1. The fraction of sp³-hybridized carbons (Fsp3) is 0.312. The topological polar surface area (TPSA) is 90.7 Å². The van der Waals surface area contributed by atoms with E-state index in [1.54, 1.807) is 19.1 Å². The zero-order chi connectivity index (χ0) is 16.4. The summed E-state index contributed by atoms with van der Waals surface area (Å²) in [6, 6.07) is 8.98. The molecule has 0 saturated carbocycles. The second-order valence-corrected chi connectivity index (χ2v) is 5.31. The minimum Gasteiger partial charge on any atom is -0.478 e. The van der Waals surface area contributed by atoms with Gasteiger partial charge in [0.25, 0.3) is 5.91 Å². The summed E-state index contributed by atoms with van der Waals surface area (Å²) < 4.78 is 15.6. The average molecular weight is 316 g/mol. The molecule has 2 atom stereocenters. The van der Waals surface area contributed by atoms with E-state index in [1.165, 1.54) is 6.92 Å². The number of esters is 1. The molecule has 0 bridgehead atoms. The van der Waals surface area contributed by atoms with Crippen LogP contribution in [-0.4, -0.2) is 29.2 Å². The molecule has 1 aromatic heterocycles. The van der Waals surface area contributed by atoms with Crippen LogP contribution in [0.1, 0.15) is 18.2 Å². The molecule has 2 aromatic rings. The normalized spacial score (nSPS) is 17.0. The Morgan fingerprint density at radius 2 is 2.17 bits per heavy atom. The lowest BCUT2D eigenvalue weighted by atomic mass is 10.1. The molecule has 1 amide bonds. The van der Waals surface area contributed by atoms with E-state index in [0.29, 0.717) is 17.9 Å². The molecule has 1 aromatic carbocycles. The van der Waals surface area contributed by atoms with Crippen molar-refractivity contribution in [2.75, 3.05) is 5.32 Å². The summed E-state index contributed by atoms with van der Waals surface area (Å²) in [6.45, 7) is 3.20. The highest BCUT2D eigenvalue weighted by Gasteiger charge is 2.32. The number of para-hydroxylation sites is 1. The first-order valence-corrected chi connectivity index (χ1v) is 7.22. The SMILES string of the molecule is Cc1cc(NC(=O)[C@H](C)OC(=O)[C@@H]2Cc3ccccc3O2)no1. The Morgan fingerprint density at radius 3 is 2.87 bits per heavy atom. The van der Waals surface area contributed by atoms with Gasteiger partial charge in [-0.2, -0.15) is 0 Å². The van der Waals surface area contributed by atoms with Crippen LogP contribution in [0.15, 0.2) is 34.9 Å². The number of aromatic nitrogens is 1. The third kappa shape index (κ3) is 3.33. The van der Waals surface area contributed by atoms with Gasteiger partial charge in [0, 0.05) is 12.5 Å². The second kappa shape index (κ2) is 6.12. The van der Waals surface area contributed by atoms with Crippen LogP contribution in [0.3, 0.4) is 0 Å². The van der Waals surface area contributed by atoms with E-state index in [1.807, 2.05) is 18.2 Å². The predicted molar refractivity (Wildman–Crippen MR) is 80.0 cm³/mol. The summed E-state index contributed by atoms with van der Waals surface area (Å²) in [7, 11) is 0. The Labute approximate surface area is 132 Å². The van der Waals surface area contributed by atoms with Gasteiger partial charge in [0.15, 0.2) is 18.0 Å². The van der Waals surface area contributed by atoms with E-state index >= 15 is 0 Å². The molecule has 23 heavy (non-hydrogen) atoms. The number of rotatable bonds is 4. The third-order valence-electron chi connectivity index (χ3n) is 3.45. The van der Waals surface area contributed by atoms with E-state index in [4.69, 9.17) is 14.0 Å². The number of fused-ring (bicyclic) bond motifs is 1. The molecule has 7 heteroatoms. The van der Waals surface area contributed by atoms with Crippen LogP contribution in [0.5, 0.6) is 5.75 Å². The molecule has 0 unspecified atom stereocenters. The van der Waals surface area contributed by atoms with Crippen molar-refractivity contribution in [1.82, 2.24) is 5.16 Å². The van der Waals surface area contributed by atoms with Crippen molar-refractivity contribution >= 4 is 17.7 Å². The van der Waals surface area contributed by atoms with Crippen LogP contribution in [-0.2, 0) is 20.7 Å². The molecule has 0 fully saturated rings. The fourth-order valence-corrected chi connectivity index (χ4v) is 2.27. The van der Waals surface area contributed by atoms with Crippen LogP contribution in [0, 0.1) is 6.92 Å². The van der Waals surface area contributed by atoms with Gasteiger partial charge < -0.3 is 19.3 Å². The molecule has 7 nitrogen and oxygen atoms in total. The first-order chi connectivity index (χ1) is 11.0. The summed E-state index contributed by atoms with van der Waals surface area (Å²) >= 11 is 0. The molecule has 1 N–H and O–H groups in total. The van der Waals surface area contributed by atoms with Gasteiger partial charge in [-0.05, 0) is 25.5 Å². The van der Waals surface area contributed by atoms with E-state index in [0.717, 1.165) is 5.56 Å². The van der Waals surface area contributed by atoms with Gasteiger partial charge >= 0.3 is 5.97 Å². The van der Waals surface area contributed by atoms with Crippen LogP contribution < -0.4 is 10.1 Å². The second-order valence-electron chi connectivity index (χ2n) is 5.31. The lowest BCUT2D eigenvalue weighted by Gasteiger charge is -2.15. The van der Waals surface area contributed by atoms with Gasteiger partial charge in [-0.25, -0.2) is 4.79 Å². The maximum atomic E-state index is 12.1. The summed E-state index contributed by atoms with van der Waals surface area (Å²) in [4.78, 5) is 24.1. The summed E-state index contributed by atoms with van der Waals surface area (Å²) in [5.41, 5.74) is 0.949. The smallest absolute Gasteiger partial charge is 0.348 e. The number of benzene rings is 1. The molecule has 1 aliphatic rings. The number of hydrogen-bond donors (Lipinski definition) is 1. The molecule has 3 rings (SSSR count). The first kappa shape index (κ1) is 15.1. The lowest BCUT2D eigenvalue weighted by molar-refractivity contribution is -0.159. The van der Waals surface area contributed by atoms with Crippen molar-refractivity contribution in [1.29, 1.82) is 0 Å². The number of carbonyl (C=O) groups excluding carboxylic acids is 2. The maximum absolute atomic E-state index is 12.1. The molecule has 120 valence electrons. The predicted octanol–water partition coefficient (Wildman–Crippen LogP) is 1.86. The highest BCUT2D eigenvalue weighted by atomic mass is 16.6. The zero-order valence-electron chi connectivity index (χ0n) is 12.7. The maximum Gasteiger partial charge on any atom is 0.348 e. The molecule has 0 radical (unpaired) electrons. The summed E-state index contributed by atoms with van der Waals surface area (Å²) in [6.07, 6.45) is -1.25. The van der Waals surface area contributed by atoms with Crippen molar-refractivity contribution in [3.05, 3.63) is 41.7 Å². The average Bonchev–Trinajstić information content (AvgIpc) is 3.13.